The summed E-state index contributed by atoms with van der Waals surface area (Å²) in [5.41, 5.74) is 7.09. The van der Waals surface area contributed by atoms with Gasteiger partial charge in [0.05, 0.1) is 11.4 Å². The zero-order valence-electron chi connectivity index (χ0n) is 17.1. The Morgan fingerprint density at radius 1 is 1.11 bits per heavy atom. The smallest absolute Gasteiger partial charge is 0.407 e. The SMILES string of the molecule is CCC(CCNC(=O)OC(C)(C)C)Nc1cc(Oc2ccccc2)ccc1N. The van der Waals surface area contributed by atoms with Crippen molar-refractivity contribution in [3.05, 3.63) is 48.5 Å². The summed E-state index contributed by atoms with van der Waals surface area (Å²) in [5, 5.41) is 6.24. The molecular weight excluding hydrogens is 354 g/mol. The first kappa shape index (κ1) is 21.4. The maximum Gasteiger partial charge on any atom is 0.407 e. The molecule has 2 aromatic rings. The molecule has 0 radical (unpaired) electrons. The first-order valence-electron chi connectivity index (χ1n) is 9.62. The highest BCUT2D eigenvalue weighted by Crippen LogP contribution is 2.29. The first-order chi connectivity index (χ1) is 13.3. The van der Waals surface area contributed by atoms with Gasteiger partial charge in [-0.2, -0.15) is 0 Å². The topological polar surface area (TPSA) is 85.6 Å². The number of nitrogens with two attached hydrogens (primary N) is 1. The van der Waals surface area contributed by atoms with Crippen molar-refractivity contribution in [2.75, 3.05) is 17.6 Å². The van der Waals surface area contributed by atoms with Crippen LogP contribution in [0.25, 0.3) is 0 Å². The quantitative estimate of drug-likeness (QED) is 0.546. The van der Waals surface area contributed by atoms with Crippen molar-refractivity contribution in [3.63, 3.8) is 0 Å². The Balaban J connectivity index is 1.92. The van der Waals surface area contributed by atoms with E-state index in [4.69, 9.17) is 15.2 Å². The zero-order chi connectivity index (χ0) is 20.6. The van der Waals surface area contributed by atoms with E-state index < -0.39 is 11.7 Å². The molecule has 0 heterocycles. The molecule has 0 spiro atoms. The molecule has 4 N–H and O–H groups in total. The van der Waals surface area contributed by atoms with E-state index in [-0.39, 0.29) is 6.04 Å². The number of alkyl carbamates (subject to hydrolysis) is 1. The van der Waals surface area contributed by atoms with Gasteiger partial charge in [-0.3, -0.25) is 0 Å². The highest BCUT2D eigenvalue weighted by atomic mass is 16.6. The lowest BCUT2D eigenvalue weighted by Crippen LogP contribution is -2.35. The van der Waals surface area contributed by atoms with Gasteiger partial charge in [-0.05, 0) is 57.9 Å². The number of nitrogens with one attached hydrogen (secondary N) is 2. The molecule has 6 nitrogen and oxygen atoms in total. The van der Waals surface area contributed by atoms with Crippen molar-refractivity contribution >= 4 is 17.5 Å². The second-order valence-electron chi connectivity index (χ2n) is 7.63. The second-order valence-corrected chi connectivity index (χ2v) is 7.63. The Morgan fingerprint density at radius 2 is 1.82 bits per heavy atom. The van der Waals surface area contributed by atoms with E-state index in [9.17, 15) is 4.79 Å². The number of hydrogen-bond acceptors (Lipinski definition) is 5. The molecule has 0 aliphatic rings. The summed E-state index contributed by atoms with van der Waals surface area (Å²) < 4.78 is 11.1. The highest BCUT2D eigenvalue weighted by molar-refractivity contribution is 5.69. The minimum Gasteiger partial charge on any atom is -0.457 e. The third kappa shape index (κ3) is 7.39. The van der Waals surface area contributed by atoms with Crippen LogP contribution in [-0.2, 0) is 4.74 Å². The summed E-state index contributed by atoms with van der Waals surface area (Å²) in [6, 6.07) is 15.3. The number of para-hydroxylation sites is 1. The van der Waals surface area contributed by atoms with Crippen LogP contribution in [0.4, 0.5) is 16.2 Å². The van der Waals surface area contributed by atoms with Crippen molar-refractivity contribution in [3.8, 4) is 11.5 Å². The molecule has 1 amide bonds. The van der Waals surface area contributed by atoms with E-state index >= 15 is 0 Å². The summed E-state index contributed by atoms with van der Waals surface area (Å²) >= 11 is 0. The van der Waals surface area contributed by atoms with Crippen LogP contribution in [0.5, 0.6) is 11.5 Å². The van der Waals surface area contributed by atoms with E-state index in [2.05, 4.69) is 17.6 Å². The summed E-state index contributed by atoms with van der Waals surface area (Å²) in [7, 11) is 0. The lowest BCUT2D eigenvalue weighted by atomic mass is 10.1. The number of carbonyl (C=O) groups excluding carboxylic acids is 1. The Morgan fingerprint density at radius 3 is 2.46 bits per heavy atom. The average Bonchev–Trinajstić information content (AvgIpc) is 2.63. The Kier molecular flexibility index (Phi) is 7.55. The summed E-state index contributed by atoms with van der Waals surface area (Å²) in [6.07, 6.45) is 1.23. The molecule has 152 valence electrons. The molecule has 0 aliphatic heterocycles. The van der Waals surface area contributed by atoms with Gasteiger partial charge in [0.1, 0.15) is 17.1 Å². The van der Waals surface area contributed by atoms with E-state index in [1.54, 1.807) is 0 Å². The molecule has 0 fully saturated rings. The molecule has 1 unspecified atom stereocenters. The van der Waals surface area contributed by atoms with Gasteiger partial charge in [-0.1, -0.05) is 25.1 Å². The van der Waals surface area contributed by atoms with Crippen molar-refractivity contribution in [1.82, 2.24) is 5.32 Å². The van der Waals surface area contributed by atoms with E-state index in [1.807, 2.05) is 69.3 Å². The number of carbonyl (C=O) groups is 1. The first-order valence-corrected chi connectivity index (χ1v) is 9.62. The second kappa shape index (κ2) is 9.88. The number of amides is 1. The van der Waals surface area contributed by atoms with Gasteiger partial charge in [0.25, 0.3) is 0 Å². The van der Waals surface area contributed by atoms with E-state index in [0.717, 1.165) is 24.3 Å². The van der Waals surface area contributed by atoms with Gasteiger partial charge in [0, 0.05) is 18.7 Å². The minimum atomic E-state index is -0.500. The maximum atomic E-state index is 11.8. The largest absolute Gasteiger partial charge is 0.457 e. The molecule has 0 saturated carbocycles. The van der Waals surface area contributed by atoms with Crippen LogP contribution in [0.2, 0.25) is 0 Å². The van der Waals surface area contributed by atoms with Crippen LogP contribution >= 0.6 is 0 Å². The lowest BCUT2D eigenvalue weighted by molar-refractivity contribution is 0.0526. The summed E-state index contributed by atoms with van der Waals surface area (Å²) in [5.74, 6) is 1.48. The lowest BCUT2D eigenvalue weighted by Gasteiger charge is -2.22. The van der Waals surface area contributed by atoms with Gasteiger partial charge >= 0.3 is 6.09 Å². The highest BCUT2D eigenvalue weighted by Gasteiger charge is 2.16. The third-order valence-corrected chi connectivity index (χ3v) is 4.02. The van der Waals surface area contributed by atoms with Crippen molar-refractivity contribution in [1.29, 1.82) is 0 Å². The molecule has 0 bridgehead atoms. The predicted octanol–water partition coefficient (Wildman–Crippen LogP) is 5.17. The molecule has 2 aromatic carbocycles. The standard InChI is InChI=1S/C22H31N3O3/c1-5-16(13-14-24-21(26)28-22(2,3)4)25-20-15-18(11-12-19(20)23)27-17-9-7-6-8-10-17/h6-12,15-16,25H,5,13-14,23H2,1-4H3,(H,24,26). The van der Waals surface area contributed by atoms with Crippen LogP contribution < -0.4 is 21.1 Å². The van der Waals surface area contributed by atoms with Gasteiger partial charge in [0.2, 0.25) is 0 Å². The van der Waals surface area contributed by atoms with E-state index in [1.165, 1.54) is 0 Å². The van der Waals surface area contributed by atoms with Crippen LogP contribution in [0.1, 0.15) is 40.5 Å². The van der Waals surface area contributed by atoms with Crippen LogP contribution in [0.15, 0.2) is 48.5 Å². The van der Waals surface area contributed by atoms with Gasteiger partial charge in [-0.25, -0.2) is 4.79 Å². The van der Waals surface area contributed by atoms with Crippen molar-refractivity contribution < 1.29 is 14.3 Å². The Bertz CT molecular complexity index is 757. The van der Waals surface area contributed by atoms with Crippen LogP contribution in [0, 0.1) is 0 Å². The fourth-order valence-corrected chi connectivity index (χ4v) is 2.61. The number of nitrogen functional groups attached to an aromatic ring is 1. The van der Waals surface area contributed by atoms with Crippen molar-refractivity contribution in [2.45, 2.75) is 52.2 Å². The zero-order valence-corrected chi connectivity index (χ0v) is 17.1. The van der Waals surface area contributed by atoms with Gasteiger partial charge in [-0.15, -0.1) is 0 Å². The number of rotatable bonds is 8. The van der Waals surface area contributed by atoms with Crippen LogP contribution in [-0.4, -0.2) is 24.3 Å². The molecule has 2 rings (SSSR count). The number of anilines is 2. The third-order valence-electron chi connectivity index (χ3n) is 4.02. The average molecular weight is 386 g/mol. The summed E-state index contributed by atoms with van der Waals surface area (Å²) in [4.78, 5) is 11.8. The fourth-order valence-electron chi connectivity index (χ4n) is 2.61. The number of ether oxygens (including phenoxy) is 2. The molecule has 0 aromatic heterocycles. The molecule has 6 heteroatoms. The van der Waals surface area contributed by atoms with Gasteiger partial charge in [0.15, 0.2) is 0 Å². The number of hydrogen-bond donors (Lipinski definition) is 3. The van der Waals surface area contributed by atoms with Crippen molar-refractivity contribution in [2.24, 2.45) is 0 Å². The molecule has 0 saturated heterocycles. The van der Waals surface area contributed by atoms with E-state index in [0.29, 0.717) is 18.0 Å². The molecule has 1 atom stereocenters. The normalized spacial score (nSPS) is 12.1. The minimum absolute atomic E-state index is 0.157. The van der Waals surface area contributed by atoms with Crippen LogP contribution in [0.3, 0.4) is 0 Å². The number of benzene rings is 2. The predicted molar refractivity (Wildman–Crippen MR) is 114 cm³/mol. The molecular formula is C22H31N3O3. The maximum absolute atomic E-state index is 11.8. The van der Waals surface area contributed by atoms with Gasteiger partial charge < -0.3 is 25.8 Å². The molecule has 28 heavy (non-hydrogen) atoms. The summed E-state index contributed by atoms with van der Waals surface area (Å²) in [6.45, 7) is 8.13. The monoisotopic (exact) mass is 385 g/mol. The Hall–Kier alpha value is -2.89. The molecule has 0 aliphatic carbocycles. The fraction of sp³-hybridized carbons (Fsp3) is 0.409. The Labute approximate surface area is 167 Å².